The van der Waals surface area contributed by atoms with Gasteiger partial charge in [0.2, 0.25) is 29.5 Å². The molecule has 7 fully saturated rings. The maximum atomic E-state index is 15.3. The van der Waals surface area contributed by atoms with Crippen LogP contribution in [0.25, 0.3) is 22.3 Å². The van der Waals surface area contributed by atoms with Gasteiger partial charge >= 0.3 is 0 Å². The molecule has 8 heterocycles. The number of aromatic nitrogens is 3. The molecule has 1 spiro atoms. The minimum absolute atomic E-state index is 0.0330. The molecular formula is C60H73N11O7. The summed E-state index contributed by atoms with van der Waals surface area (Å²) in [4.78, 5) is 118. The number of hydrogen-bond acceptors (Lipinski definition) is 12. The molecule has 3 aliphatic carbocycles. The van der Waals surface area contributed by atoms with Crippen LogP contribution >= 0.6 is 0 Å². The first-order valence-corrected chi connectivity index (χ1v) is 29.3. The van der Waals surface area contributed by atoms with Gasteiger partial charge in [-0.3, -0.25) is 43.8 Å². The second-order valence-electron chi connectivity index (χ2n) is 24.4. The molecule has 1 atom stereocenters. The quantitative estimate of drug-likeness (QED) is 0.149. The van der Waals surface area contributed by atoms with Gasteiger partial charge in [0.1, 0.15) is 11.6 Å². The van der Waals surface area contributed by atoms with E-state index in [4.69, 9.17) is 9.97 Å². The van der Waals surface area contributed by atoms with Crippen molar-refractivity contribution < 1.29 is 33.6 Å². The van der Waals surface area contributed by atoms with Gasteiger partial charge in [-0.05, 0) is 153 Å². The number of likely N-dealkylation sites (tertiary alicyclic amines) is 3. The molecule has 3 saturated carbocycles. The molecule has 7 amide bonds. The molecule has 18 nitrogen and oxygen atoms in total. The first-order valence-electron chi connectivity index (χ1n) is 29.3. The van der Waals surface area contributed by atoms with Gasteiger partial charge < -0.3 is 34.4 Å². The van der Waals surface area contributed by atoms with E-state index in [-0.39, 0.29) is 71.7 Å². The van der Waals surface area contributed by atoms with Gasteiger partial charge in [0.05, 0.1) is 39.8 Å². The molecule has 2 N–H and O–H groups in total. The van der Waals surface area contributed by atoms with Crippen molar-refractivity contribution >= 4 is 69.6 Å². The Kier molecular flexibility index (Phi) is 13.0. The summed E-state index contributed by atoms with van der Waals surface area (Å²) >= 11 is 0. The minimum Gasteiger partial charge on any atom is -0.371 e. The number of hydrogen-bond donors (Lipinski definition) is 2. The number of carbonyl (C=O) groups is 7. The van der Waals surface area contributed by atoms with E-state index in [0.717, 1.165) is 95.9 Å². The number of carbonyl (C=O) groups excluding carboxylic acids is 7. The number of imide groups is 2. The average Bonchev–Trinajstić information content (AvgIpc) is 4.26. The lowest BCUT2D eigenvalue weighted by atomic mass is 9.73. The first-order chi connectivity index (χ1) is 37.8. The highest BCUT2D eigenvalue weighted by molar-refractivity contribution is 6.25. The van der Waals surface area contributed by atoms with Crippen molar-refractivity contribution in [2.75, 3.05) is 61.4 Å². The monoisotopic (exact) mass is 1060 g/mol. The maximum Gasteiger partial charge on any atom is 0.264 e. The molecule has 4 aromatic rings. The lowest BCUT2D eigenvalue weighted by Crippen LogP contribution is -2.58. The Balaban J connectivity index is 0.649. The van der Waals surface area contributed by atoms with Gasteiger partial charge in [0.25, 0.3) is 11.8 Å². The van der Waals surface area contributed by atoms with Crippen LogP contribution in [0.15, 0.2) is 48.8 Å². The molecule has 0 bridgehead atoms. The van der Waals surface area contributed by atoms with Gasteiger partial charge in [-0.15, -0.1) is 0 Å². The highest BCUT2D eigenvalue weighted by Crippen LogP contribution is 2.53. The Labute approximate surface area is 455 Å². The number of imidazole rings is 1. The lowest BCUT2D eigenvalue weighted by Gasteiger charge is -2.48. The lowest BCUT2D eigenvalue weighted by molar-refractivity contribution is -0.144. The highest BCUT2D eigenvalue weighted by atomic mass is 16.2. The van der Waals surface area contributed by atoms with E-state index >= 15 is 4.79 Å². The Bertz CT molecular complexity index is 3110. The molecule has 78 heavy (non-hydrogen) atoms. The van der Waals surface area contributed by atoms with Crippen LogP contribution in [0.5, 0.6) is 0 Å². The van der Waals surface area contributed by atoms with Crippen LogP contribution in [0.3, 0.4) is 0 Å². The van der Waals surface area contributed by atoms with Crippen LogP contribution in [0.4, 0.5) is 17.2 Å². The summed E-state index contributed by atoms with van der Waals surface area (Å²) in [6, 6.07) is 14.1. The second-order valence-corrected chi connectivity index (χ2v) is 24.4. The van der Waals surface area contributed by atoms with Crippen molar-refractivity contribution in [1.82, 2.24) is 39.5 Å². The largest absolute Gasteiger partial charge is 0.371 e. The number of amides is 7. The van der Waals surface area contributed by atoms with E-state index in [2.05, 4.69) is 63.1 Å². The van der Waals surface area contributed by atoms with Gasteiger partial charge in [0.15, 0.2) is 5.82 Å². The predicted molar refractivity (Wildman–Crippen MR) is 294 cm³/mol. The zero-order valence-corrected chi connectivity index (χ0v) is 45.4. The summed E-state index contributed by atoms with van der Waals surface area (Å²) in [7, 11) is 1.92. The topological polar surface area (TPSA) is 194 Å². The first kappa shape index (κ1) is 50.8. The summed E-state index contributed by atoms with van der Waals surface area (Å²) in [5.74, 6) is -1.12. The van der Waals surface area contributed by atoms with Gasteiger partial charge in [0, 0.05) is 92.9 Å². The van der Waals surface area contributed by atoms with E-state index < -0.39 is 35.1 Å². The summed E-state index contributed by atoms with van der Waals surface area (Å²) in [6.07, 6.45) is 15.2. The molecule has 18 heteroatoms. The van der Waals surface area contributed by atoms with Gasteiger partial charge in [-0.25, -0.2) is 9.97 Å². The smallest absolute Gasteiger partial charge is 0.264 e. The highest BCUT2D eigenvalue weighted by Gasteiger charge is 2.56. The Morgan fingerprint density at radius 2 is 1.46 bits per heavy atom. The minimum atomic E-state index is -1.04. The Morgan fingerprint density at radius 3 is 2.15 bits per heavy atom. The third kappa shape index (κ3) is 8.65. The van der Waals surface area contributed by atoms with Gasteiger partial charge in [-0.1, -0.05) is 24.6 Å². The number of benzene rings is 2. The Morgan fingerprint density at radius 1 is 0.756 bits per heavy atom. The normalized spacial score (nSPS) is 26.7. The summed E-state index contributed by atoms with van der Waals surface area (Å²) < 4.78 is 2.19. The summed E-state index contributed by atoms with van der Waals surface area (Å²) in [5, 5.41) is 5.96. The van der Waals surface area contributed by atoms with Crippen molar-refractivity contribution in [2.24, 2.45) is 11.8 Å². The Hall–Kier alpha value is -6.69. The summed E-state index contributed by atoms with van der Waals surface area (Å²) in [6.45, 7) is 8.70. The van der Waals surface area contributed by atoms with Crippen LogP contribution in [0.2, 0.25) is 0 Å². The molecule has 0 unspecified atom stereocenters. The van der Waals surface area contributed by atoms with Crippen LogP contribution in [0.1, 0.15) is 155 Å². The van der Waals surface area contributed by atoms with E-state index in [1.54, 1.807) is 12.1 Å². The fraction of sp³-hybridized carbons (Fsp3) is 0.583. The molecule has 4 saturated heterocycles. The predicted octanol–water partition coefficient (Wildman–Crippen LogP) is 6.81. The fourth-order valence-corrected chi connectivity index (χ4v) is 14.7. The number of pyridine rings is 1. The van der Waals surface area contributed by atoms with Crippen LogP contribution in [-0.2, 0) is 29.4 Å². The third-order valence-corrected chi connectivity index (χ3v) is 19.6. The fourth-order valence-electron chi connectivity index (χ4n) is 14.7. The molecule has 9 aliphatic rings. The van der Waals surface area contributed by atoms with Crippen LogP contribution in [0, 0.1) is 11.8 Å². The van der Waals surface area contributed by atoms with E-state index in [1.807, 2.05) is 34.1 Å². The molecule has 2 aromatic carbocycles. The third-order valence-electron chi connectivity index (χ3n) is 19.6. The molecule has 410 valence electrons. The van der Waals surface area contributed by atoms with E-state index in [9.17, 15) is 28.8 Å². The SMILES string of the molecule is CC(C)n1cnc2cc(-c3ccc4c(c3)N(C3CC(N5CCCCC5)C3)C(=O)C43CCN(C(=O)C4CCN(C(=O)C5CCC(N(C)c6cccc7c6C(=O)N([C@@H]6CCC(=O)NC6=O)C7=O)CC5)CC4)CC3)nc(NC3CC3)c21. The molecule has 6 aliphatic heterocycles. The van der Waals surface area contributed by atoms with Crippen molar-refractivity contribution in [1.29, 1.82) is 0 Å². The van der Waals surface area contributed by atoms with E-state index in [1.165, 1.54) is 19.3 Å². The molecule has 0 radical (unpaired) electrons. The second kappa shape index (κ2) is 19.9. The van der Waals surface area contributed by atoms with E-state index in [0.29, 0.717) is 82.5 Å². The number of fused-ring (bicyclic) bond motifs is 4. The molecular weight excluding hydrogens is 987 g/mol. The standard InChI is InChI=1S/C60H73N11O7/c1-35(2)69-34-61-46-33-45(63-53(52(46)69)62-39-13-14-39)38-12-17-44-49(30-38)70(42-31-41(32-42)66-24-5-4-6-25-66)59(78)60(44)22-28-68(29-23-60)56(75)37-20-26-67(27-21-37)55(74)36-10-15-40(16-11-36)65(3)47-9-7-8-43-51(47)58(77)71(57(43)76)48-18-19-50(72)64-54(48)73/h7-9,12,17,30,33-37,39-42,48H,4-6,10-11,13-16,18-29,31-32H2,1-3H3,(H,62,63)(H,64,72,73)/t36?,40?,41?,42?,48-/m1/s1. The van der Waals surface area contributed by atoms with Crippen molar-refractivity contribution in [3.8, 4) is 11.3 Å². The average molecular weight is 1060 g/mol. The zero-order chi connectivity index (χ0) is 53.7. The number of anilines is 3. The van der Waals surface area contributed by atoms with Crippen molar-refractivity contribution in [2.45, 2.75) is 165 Å². The zero-order valence-electron chi connectivity index (χ0n) is 45.4. The van der Waals surface area contributed by atoms with Crippen LogP contribution in [-0.4, -0.2) is 152 Å². The van der Waals surface area contributed by atoms with Crippen molar-refractivity contribution in [3.63, 3.8) is 0 Å². The number of rotatable bonds is 11. The number of piperidine rings is 4. The van der Waals surface area contributed by atoms with Crippen LogP contribution < -0.4 is 20.4 Å². The van der Waals surface area contributed by atoms with Gasteiger partial charge in [-0.2, -0.15) is 0 Å². The number of nitrogens with zero attached hydrogens (tertiary/aromatic N) is 9. The number of nitrogens with one attached hydrogen (secondary N) is 2. The molecule has 13 rings (SSSR count). The summed E-state index contributed by atoms with van der Waals surface area (Å²) in [5.41, 5.74) is 6.25. The van der Waals surface area contributed by atoms with Crippen molar-refractivity contribution in [3.05, 3.63) is 65.5 Å². The molecule has 2 aromatic heterocycles. The maximum absolute atomic E-state index is 15.3.